The van der Waals surface area contributed by atoms with Crippen LogP contribution >= 0.6 is 31.9 Å². The van der Waals surface area contributed by atoms with E-state index in [2.05, 4.69) is 36.8 Å². The van der Waals surface area contributed by atoms with Crippen LogP contribution in [0.25, 0.3) is 0 Å². The summed E-state index contributed by atoms with van der Waals surface area (Å²) in [7, 11) is 0. The third kappa shape index (κ3) is 3.13. The fraction of sp³-hybridized carbons (Fsp3) is 0.154. The summed E-state index contributed by atoms with van der Waals surface area (Å²) in [5, 5.41) is 0. The van der Waals surface area contributed by atoms with Crippen molar-refractivity contribution in [3.8, 4) is 0 Å². The first kappa shape index (κ1) is 12.7. The SMILES string of the molecule is Fc1cccc(C(Br)Cc2ccncc2)c1Br. The zero-order chi connectivity index (χ0) is 12.3. The molecule has 0 aliphatic heterocycles. The highest BCUT2D eigenvalue weighted by Crippen LogP contribution is 2.33. The molecular weight excluding hydrogens is 349 g/mol. The van der Waals surface area contributed by atoms with Crippen molar-refractivity contribution in [2.24, 2.45) is 0 Å². The van der Waals surface area contributed by atoms with Crippen molar-refractivity contribution < 1.29 is 4.39 Å². The second-order valence-corrected chi connectivity index (χ2v) is 5.57. The molecule has 2 aromatic rings. The monoisotopic (exact) mass is 357 g/mol. The van der Waals surface area contributed by atoms with Gasteiger partial charge in [0.25, 0.3) is 0 Å². The standard InChI is InChI=1S/C13H10Br2FN/c14-11(8-9-4-6-17-7-5-9)10-2-1-3-12(16)13(10)15/h1-7,11H,8H2. The minimum Gasteiger partial charge on any atom is -0.265 e. The lowest BCUT2D eigenvalue weighted by atomic mass is 10.1. The zero-order valence-electron chi connectivity index (χ0n) is 8.91. The molecule has 1 atom stereocenters. The van der Waals surface area contributed by atoms with E-state index in [1.165, 1.54) is 6.07 Å². The highest BCUT2D eigenvalue weighted by Gasteiger charge is 2.14. The molecule has 88 valence electrons. The van der Waals surface area contributed by atoms with Gasteiger partial charge in [0, 0.05) is 17.2 Å². The van der Waals surface area contributed by atoms with Gasteiger partial charge >= 0.3 is 0 Å². The number of benzene rings is 1. The summed E-state index contributed by atoms with van der Waals surface area (Å²) in [6.07, 6.45) is 4.32. The van der Waals surface area contributed by atoms with E-state index in [-0.39, 0.29) is 10.6 Å². The van der Waals surface area contributed by atoms with E-state index >= 15 is 0 Å². The first-order valence-electron chi connectivity index (χ1n) is 5.15. The number of alkyl halides is 1. The molecule has 0 fully saturated rings. The van der Waals surface area contributed by atoms with Gasteiger partial charge in [-0.15, -0.1) is 0 Å². The highest BCUT2D eigenvalue weighted by atomic mass is 79.9. The molecule has 0 N–H and O–H groups in total. The summed E-state index contributed by atoms with van der Waals surface area (Å²) in [5.41, 5.74) is 2.08. The molecule has 0 spiro atoms. The molecule has 0 amide bonds. The lowest BCUT2D eigenvalue weighted by molar-refractivity contribution is 0.617. The van der Waals surface area contributed by atoms with Gasteiger partial charge in [-0.2, -0.15) is 0 Å². The summed E-state index contributed by atoms with van der Waals surface area (Å²) in [6.45, 7) is 0. The Bertz CT molecular complexity index is 502. The van der Waals surface area contributed by atoms with Crippen molar-refractivity contribution in [1.29, 1.82) is 0 Å². The maximum absolute atomic E-state index is 13.4. The lowest BCUT2D eigenvalue weighted by Gasteiger charge is -2.12. The third-order valence-corrected chi connectivity index (χ3v) is 4.14. The van der Waals surface area contributed by atoms with Crippen LogP contribution in [0.2, 0.25) is 0 Å². The van der Waals surface area contributed by atoms with Crippen molar-refractivity contribution in [3.63, 3.8) is 0 Å². The first-order chi connectivity index (χ1) is 8.18. The van der Waals surface area contributed by atoms with Crippen molar-refractivity contribution in [1.82, 2.24) is 4.98 Å². The Morgan fingerprint density at radius 3 is 2.59 bits per heavy atom. The van der Waals surface area contributed by atoms with E-state index in [0.29, 0.717) is 4.47 Å². The molecule has 2 rings (SSSR count). The Labute approximate surface area is 116 Å². The molecule has 4 heteroatoms. The summed E-state index contributed by atoms with van der Waals surface area (Å²) in [5.74, 6) is -0.235. The van der Waals surface area contributed by atoms with E-state index < -0.39 is 0 Å². The van der Waals surface area contributed by atoms with Crippen LogP contribution in [-0.4, -0.2) is 4.98 Å². The van der Waals surface area contributed by atoms with Crippen LogP contribution in [0.4, 0.5) is 4.39 Å². The molecule has 17 heavy (non-hydrogen) atoms. The van der Waals surface area contributed by atoms with Gasteiger partial charge in [-0.05, 0) is 51.7 Å². The van der Waals surface area contributed by atoms with E-state index in [0.717, 1.165) is 17.5 Å². The fourth-order valence-corrected chi connectivity index (χ4v) is 3.20. The minimum absolute atomic E-state index is 0.0787. The predicted molar refractivity (Wildman–Crippen MR) is 73.7 cm³/mol. The molecule has 0 aliphatic carbocycles. The fourth-order valence-electron chi connectivity index (χ4n) is 1.60. The minimum atomic E-state index is -0.235. The summed E-state index contributed by atoms with van der Waals surface area (Å²) in [4.78, 5) is 4.05. The first-order valence-corrected chi connectivity index (χ1v) is 6.86. The van der Waals surface area contributed by atoms with Gasteiger partial charge < -0.3 is 0 Å². The number of rotatable bonds is 3. The molecular formula is C13H10Br2FN. The Hall–Kier alpha value is -0.740. The van der Waals surface area contributed by atoms with Crippen molar-refractivity contribution in [2.75, 3.05) is 0 Å². The molecule has 1 unspecified atom stereocenters. The van der Waals surface area contributed by atoms with E-state index in [4.69, 9.17) is 0 Å². The normalized spacial score (nSPS) is 12.4. The van der Waals surface area contributed by atoms with Crippen LogP contribution in [0.3, 0.4) is 0 Å². The molecule has 0 aliphatic rings. The number of halogens is 3. The maximum Gasteiger partial charge on any atom is 0.137 e. The second-order valence-electron chi connectivity index (χ2n) is 3.67. The van der Waals surface area contributed by atoms with Crippen LogP contribution in [-0.2, 0) is 6.42 Å². The van der Waals surface area contributed by atoms with Crippen LogP contribution < -0.4 is 0 Å². The van der Waals surface area contributed by atoms with Gasteiger partial charge in [-0.1, -0.05) is 28.1 Å². The van der Waals surface area contributed by atoms with Gasteiger partial charge in [0.2, 0.25) is 0 Å². The maximum atomic E-state index is 13.4. The number of nitrogens with zero attached hydrogens (tertiary/aromatic N) is 1. The molecule has 1 heterocycles. The van der Waals surface area contributed by atoms with Gasteiger partial charge in [-0.3, -0.25) is 4.98 Å². The van der Waals surface area contributed by atoms with Crippen LogP contribution in [0.1, 0.15) is 16.0 Å². The molecule has 1 aromatic carbocycles. The lowest BCUT2D eigenvalue weighted by Crippen LogP contribution is -1.98. The number of hydrogen-bond acceptors (Lipinski definition) is 1. The van der Waals surface area contributed by atoms with Crippen LogP contribution in [0.5, 0.6) is 0 Å². The van der Waals surface area contributed by atoms with Crippen LogP contribution in [0.15, 0.2) is 47.2 Å². The molecule has 0 saturated carbocycles. The summed E-state index contributed by atoms with van der Waals surface area (Å²) in [6, 6.07) is 8.99. The van der Waals surface area contributed by atoms with Gasteiger partial charge in [0.15, 0.2) is 0 Å². The summed E-state index contributed by atoms with van der Waals surface area (Å²) < 4.78 is 13.9. The smallest absolute Gasteiger partial charge is 0.137 e. The Kier molecular flexibility index (Phi) is 4.29. The Balaban J connectivity index is 2.20. The Morgan fingerprint density at radius 1 is 1.18 bits per heavy atom. The topological polar surface area (TPSA) is 12.9 Å². The number of hydrogen-bond donors (Lipinski definition) is 0. The molecule has 1 aromatic heterocycles. The van der Waals surface area contributed by atoms with E-state index in [9.17, 15) is 4.39 Å². The van der Waals surface area contributed by atoms with Crippen LogP contribution in [0, 0.1) is 5.82 Å². The van der Waals surface area contributed by atoms with Crippen molar-refractivity contribution >= 4 is 31.9 Å². The van der Waals surface area contributed by atoms with Gasteiger partial charge in [-0.25, -0.2) is 4.39 Å². The van der Waals surface area contributed by atoms with E-state index in [1.807, 2.05) is 18.2 Å². The number of aromatic nitrogens is 1. The molecule has 0 bridgehead atoms. The Morgan fingerprint density at radius 2 is 1.88 bits per heavy atom. The van der Waals surface area contributed by atoms with Gasteiger partial charge in [0.1, 0.15) is 5.82 Å². The second kappa shape index (κ2) is 5.74. The largest absolute Gasteiger partial charge is 0.265 e. The average molecular weight is 359 g/mol. The third-order valence-electron chi connectivity index (χ3n) is 2.48. The summed E-state index contributed by atoms with van der Waals surface area (Å²) >= 11 is 6.87. The van der Waals surface area contributed by atoms with E-state index in [1.54, 1.807) is 18.5 Å². The molecule has 0 radical (unpaired) electrons. The predicted octanol–water partition coefficient (Wildman–Crippen LogP) is 4.66. The van der Waals surface area contributed by atoms with Crippen molar-refractivity contribution in [3.05, 3.63) is 64.1 Å². The van der Waals surface area contributed by atoms with Gasteiger partial charge in [0.05, 0.1) is 4.47 Å². The van der Waals surface area contributed by atoms with Crippen molar-refractivity contribution in [2.45, 2.75) is 11.2 Å². The quantitative estimate of drug-likeness (QED) is 0.727. The molecule has 0 saturated heterocycles. The zero-order valence-corrected chi connectivity index (χ0v) is 12.1. The average Bonchev–Trinajstić information content (AvgIpc) is 2.34. The number of pyridine rings is 1. The molecule has 1 nitrogen and oxygen atoms in total. The highest BCUT2D eigenvalue weighted by molar-refractivity contribution is 9.11.